The molecule has 2 aromatic heterocycles. The van der Waals surface area contributed by atoms with E-state index in [4.69, 9.17) is 0 Å². The summed E-state index contributed by atoms with van der Waals surface area (Å²) in [5.74, 6) is -0.820. The molecule has 0 unspecified atom stereocenters. The maximum atomic E-state index is 13.4. The summed E-state index contributed by atoms with van der Waals surface area (Å²) in [5, 5.41) is 18.5. The molecule has 0 bridgehead atoms. The van der Waals surface area contributed by atoms with Gasteiger partial charge in [0, 0.05) is 37.0 Å². The summed E-state index contributed by atoms with van der Waals surface area (Å²) in [5.41, 5.74) is 0.864. The van der Waals surface area contributed by atoms with Crippen molar-refractivity contribution in [1.29, 1.82) is 0 Å². The molecule has 3 atom stereocenters. The Hall–Kier alpha value is -1.93. The Morgan fingerprint density at radius 3 is 2.71 bits per heavy atom. The van der Waals surface area contributed by atoms with Crippen molar-refractivity contribution in [2.75, 3.05) is 0 Å². The van der Waals surface area contributed by atoms with Gasteiger partial charge in [-0.25, -0.2) is 18.4 Å². The smallest absolute Gasteiger partial charge is 0.248 e. The molecule has 0 aliphatic heterocycles. The monoisotopic (exact) mass is 391 g/mol. The zero-order chi connectivity index (χ0) is 19.7. The van der Waals surface area contributed by atoms with Gasteiger partial charge < -0.3 is 10.4 Å². The van der Waals surface area contributed by atoms with Crippen LogP contribution < -0.4 is 5.32 Å². The number of pyridine rings is 1. The van der Waals surface area contributed by atoms with Crippen molar-refractivity contribution in [3.8, 4) is 5.69 Å². The predicted molar refractivity (Wildman–Crippen MR) is 101 cm³/mol. The van der Waals surface area contributed by atoms with E-state index in [1.165, 1.54) is 0 Å². The van der Waals surface area contributed by atoms with E-state index in [9.17, 15) is 13.9 Å². The first-order valence-electron chi connectivity index (χ1n) is 10.1. The summed E-state index contributed by atoms with van der Waals surface area (Å²) < 4.78 is 28.7. The number of aromatic nitrogens is 4. The van der Waals surface area contributed by atoms with Crippen LogP contribution in [0.3, 0.4) is 0 Å². The van der Waals surface area contributed by atoms with Crippen molar-refractivity contribution < 1.29 is 13.9 Å². The van der Waals surface area contributed by atoms with Crippen LogP contribution in [0.25, 0.3) is 5.69 Å². The Balaban J connectivity index is 1.48. The number of aryl methyl sites for hydroxylation is 1. The highest BCUT2D eigenvalue weighted by molar-refractivity contribution is 5.29. The normalized spacial score (nSPS) is 28.4. The molecule has 4 rings (SSSR count). The molecule has 0 saturated heterocycles. The molecule has 0 spiro atoms. The van der Waals surface area contributed by atoms with Gasteiger partial charge in [-0.3, -0.25) is 4.98 Å². The van der Waals surface area contributed by atoms with Crippen LogP contribution in [0, 0.1) is 6.92 Å². The standard InChI is InChI=1S/C20H27F2N5O/c1-13-24-19(27(26-13)16-3-2-10-23-12-16)14-4-5-18(28)17(11-14)25-15-6-8-20(21,22)9-7-15/h2-3,10,12,14-15,17-18,25,28H,4-9,11H2,1H3/t14-,17+,18+/m0/s1. The van der Waals surface area contributed by atoms with Crippen LogP contribution in [-0.2, 0) is 0 Å². The Kier molecular flexibility index (Phi) is 5.42. The molecule has 0 amide bonds. The Bertz CT molecular complexity index is 787. The second-order valence-electron chi connectivity index (χ2n) is 8.12. The molecule has 0 aromatic carbocycles. The molecule has 2 N–H and O–H groups in total. The summed E-state index contributed by atoms with van der Waals surface area (Å²) in [6, 6.07) is 3.73. The third-order valence-electron chi connectivity index (χ3n) is 5.97. The minimum absolute atomic E-state index is 0.0379. The SMILES string of the molecule is Cc1nc([C@H]2CC[C@@H](O)[C@H](NC3CCC(F)(F)CC3)C2)n(-c2cccnc2)n1. The number of hydrogen-bond donors (Lipinski definition) is 2. The fourth-order valence-electron chi connectivity index (χ4n) is 4.44. The minimum Gasteiger partial charge on any atom is -0.392 e. The molecule has 2 fully saturated rings. The van der Waals surface area contributed by atoms with Crippen LogP contribution in [0.4, 0.5) is 8.78 Å². The highest BCUT2D eigenvalue weighted by atomic mass is 19.3. The lowest BCUT2D eigenvalue weighted by Crippen LogP contribution is -2.50. The van der Waals surface area contributed by atoms with Crippen molar-refractivity contribution >= 4 is 0 Å². The van der Waals surface area contributed by atoms with Gasteiger partial charge in [-0.1, -0.05) is 0 Å². The van der Waals surface area contributed by atoms with Gasteiger partial charge in [0.2, 0.25) is 5.92 Å². The molecule has 2 aromatic rings. The average Bonchev–Trinajstić information content (AvgIpc) is 3.07. The van der Waals surface area contributed by atoms with E-state index >= 15 is 0 Å². The lowest BCUT2D eigenvalue weighted by atomic mass is 9.82. The minimum atomic E-state index is -2.54. The molecule has 8 heteroatoms. The fraction of sp³-hybridized carbons (Fsp3) is 0.650. The largest absolute Gasteiger partial charge is 0.392 e. The van der Waals surface area contributed by atoms with Crippen molar-refractivity contribution in [2.45, 2.75) is 81.9 Å². The van der Waals surface area contributed by atoms with Gasteiger partial charge in [-0.2, -0.15) is 5.10 Å². The molecule has 6 nitrogen and oxygen atoms in total. The first-order chi connectivity index (χ1) is 13.4. The van der Waals surface area contributed by atoms with Gasteiger partial charge in [-0.15, -0.1) is 0 Å². The van der Waals surface area contributed by atoms with Crippen LogP contribution in [0.15, 0.2) is 24.5 Å². The van der Waals surface area contributed by atoms with Gasteiger partial charge in [0.1, 0.15) is 11.6 Å². The second-order valence-corrected chi connectivity index (χ2v) is 8.12. The van der Waals surface area contributed by atoms with Gasteiger partial charge in [0.15, 0.2) is 0 Å². The number of halogens is 2. The van der Waals surface area contributed by atoms with Crippen LogP contribution >= 0.6 is 0 Å². The second kappa shape index (κ2) is 7.83. The molecular weight excluding hydrogens is 364 g/mol. The van der Waals surface area contributed by atoms with Crippen LogP contribution in [0.1, 0.15) is 62.5 Å². The van der Waals surface area contributed by atoms with Crippen LogP contribution in [0.2, 0.25) is 0 Å². The summed E-state index contributed by atoms with van der Waals surface area (Å²) in [6.45, 7) is 1.87. The van der Waals surface area contributed by atoms with E-state index in [2.05, 4.69) is 20.4 Å². The number of hydrogen-bond acceptors (Lipinski definition) is 5. The number of nitrogens with zero attached hydrogens (tertiary/aromatic N) is 4. The first kappa shape index (κ1) is 19.4. The lowest BCUT2D eigenvalue weighted by molar-refractivity contribution is -0.0437. The summed E-state index contributed by atoms with van der Waals surface area (Å²) in [7, 11) is 0. The zero-order valence-corrected chi connectivity index (χ0v) is 16.1. The molecular formula is C20H27F2N5O. The maximum absolute atomic E-state index is 13.4. The van der Waals surface area contributed by atoms with Crippen molar-refractivity contribution in [2.24, 2.45) is 0 Å². The van der Waals surface area contributed by atoms with E-state index in [0.717, 1.165) is 17.9 Å². The predicted octanol–water partition coefficient (Wildman–Crippen LogP) is 3.14. The van der Waals surface area contributed by atoms with E-state index in [1.54, 1.807) is 12.4 Å². The summed E-state index contributed by atoms with van der Waals surface area (Å²) >= 11 is 0. The van der Waals surface area contributed by atoms with E-state index in [1.807, 2.05) is 23.7 Å². The quantitative estimate of drug-likeness (QED) is 0.838. The number of alkyl halides is 2. The number of nitrogens with one attached hydrogen (secondary N) is 1. The molecule has 2 aliphatic rings. The molecule has 2 saturated carbocycles. The highest BCUT2D eigenvalue weighted by Gasteiger charge is 2.38. The van der Waals surface area contributed by atoms with Gasteiger partial charge in [0.25, 0.3) is 0 Å². The fourth-order valence-corrected chi connectivity index (χ4v) is 4.44. The molecule has 152 valence electrons. The van der Waals surface area contributed by atoms with Crippen LogP contribution in [0.5, 0.6) is 0 Å². The Morgan fingerprint density at radius 2 is 2.00 bits per heavy atom. The number of aliphatic hydroxyl groups is 1. The van der Waals surface area contributed by atoms with Crippen LogP contribution in [-0.4, -0.2) is 49.0 Å². The van der Waals surface area contributed by atoms with Gasteiger partial charge >= 0.3 is 0 Å². The first-order valence-corrected chi connectivity index (χ1v) is 10.1. The highest BCUT2D eigenvalue weighted by Crippen LogP contribution is 2.36. The zero-order valence-electron chi connectivity index (χ0n) is 16.1. The molecule has 28 heavy (non-hydrogen) atoms. The van der Waals surface area contributed by atoms with Crippen molar-refractivity contribution in [1.82, 2.24) is 25.1 Å². The van der Waals surface area contributed by atoms with Gasteiger partial charge in [0.05, 0.1) is 18.0 Å². The van der Waals surface area contributed by atoms with E-state index in [-0.39, 0.29) is 30.8 Å². The lowest BCUT2D eigenvalue weighted by Gasteiger charge is -2.38. The maximum Gasteiger partial charge on any atom is 0.248 e. The Morgan fingerprint density at radius 1 is 1.21 bits per heavy atom. The Labute approximate surface area is 163 Å². The average molecular weight is 391 g/mol. The molecule has 2 heterocycles. The van der Waals surface area contributed by atoms with E-state index < -0.39 is 12.0 Å². The third-order valence-corrected chi connectivity index (χ3v) is 5.97. The number of aliphatic hydroxyl groups excluding tert-OH is 1. The van der Waals surface area contributed by atoms with Crippen molar-refractivity contribution in [3.05, 3.63) is 36.2 Å². The van der Waals surface area contributed by atoms with E-state index in [0.29, 0.717) is 31.5 Å². The number of rotatable bonds is 4. The third kappa shape index (κ3) is 4.22. The summed E-state index contributed by atoms with van der Waals surface area (Å²) in [6.07, 6.45) is 5.95. The van der Waals surface area contributed by atoms with Gasteiger partial charge in [-0.05, 0) is 51.2 Å². The molecule has 0 radical (unpaired) electrons. The molecule has 2 aliphatic carbocycles. The topological polar surface area (TPSA) is 75.9 Å². The summed E-state index contributed by atoms with van der Waals surface area (Å²) in [4.78, 5) is 8.82. The van der Waals surface area contributed by atoms with Crippen molar-refractivity contribution in [3.63, 3.8) is 0 Å².